The topological polar surface area (TPSA) is 89.9 Å². The summed E-state index contributed by atoms with van der Waals surface area (Å²) in [5.41, 5.74) is 0.646. The lowest BCUT2D eigenvalue weighted by molar-refractivity contribution is 0.0697. The third kappa shape index (κ3) is 3.49. The van der Waals surface area contributed by atoms with Crippen LogP contribution in [-0.4, -0.2) is 46.3 Å². The maximum atomic E-state index is 12.1. The van der Waals surface area contributed by atoms with Crippen molar-refractivity contribution in [2.75, 3.05) is 18.5 Å². The first-order valence-corrected chi connectivity index (χ1v) is 7.03. The lowest BCUT2D eigenvalue weighted by Gasteiger charge is -2.22. The van der Waals surface area contributed by atoms with Gasteiger partial charge in [0.05, 0.1) is 17.9 Å². The van der Waals surface area contributed by atoms with E-state index in [1.807, 2.05) is 0 Å². The molecule has 1 aromatic carbocycles. The Balaban J connectivity index is 2.08. The molecule has 0 radical (unpaired) electrons. The van der Waals surface area contributed by atoms with Gasteiger partial charge in [0.2, 0.25) is 0 Å². The predicted molar refractivity (Wildman–Crippen MR) is 76.9 cm³/mol. The Hall–Kier alpha value is -1.60. The number of carboxylic acids is 1. The van der Waals surface area contributed by atoms with E-state index in [-0.39, 0.29) is 24.2 Å². The van der Waals surface area contributed by atoms with Crippen molar-refractivity contribution < 1.29 is 19.8 Å². The predicted octanol–water partition coefficient (Wildman–Crippen LogP) is 2.14. The molecule has 3 N–H and O–H groups in total. The molecule has 0 spiro atoms. The van der Waals surface area contributed by atoms with Crippen LogP contribution in [0.25, 0.3) is 0 Å². The van der Waals surface area contributed by atoms with E-state index < -0.39 is 5.97 Å². The number of benzene rings is 1. The van der Waals surface area contributed by atoms with Crippen molar-refractivity contribution in [3.63, 3.8) is 0 Å². The highest BCUT2D eigenvalue weighted by molar-refractivity contribution is 9.10. The molecule has 1 aliphatic carbocycles. The lowest BCUT2D eigenvalue weighted by atomic mass is 10.2. The molecular formula is C13H15BrN2O4. The van der Waals surface area contributed by atoms with Crippen LogP contribution in [0.3, 0.4) is 0 Å². The average Bonchev–Trinajstić information content (AvgIpc) is 3.22. The first-order chi connectivity index (χ1) is 9.52. The minimum Gasteiger partial charge on any atom is -0.478 e. The zero-order valence-corrected chi connectivity index (χ0v) is 12.3. The SMILES string of the molecule is O=C(O)c1ccc(NC(=O)N(CCO)C2CC2)c(Br)c1. The van der Waals surface area contributed by atoms with E-state index in [9.17, 15) is 9.59 Å². The van der Waals surface area contributed by atoms with Crippen molar-refractivity contribution in [2.45, 2.75) is 18.9 Å². The number of carbonyl (C=O) groups is 2. The van der Waals surface area contributed by atoms with E-state index in [1.165, 1.54) is 18.2 Å². The highest BCUT2D eigenvalue weighted by Gasteiger charge is 2.32. The molecule has 1 fully saturated rings. The van der Waals surface area contributed by atoms with Gasteiger partial charge in [-0.25, -0.2) is 9.59 Å². The summed E-state index contributed by atoms with van der Waals surface area (Å²) in [4.78, 5) is 24.5. The molecule has 1 aliphatic rings. The molecule has 1 saturated carbocycles. The van der Waals surface area contributed by atoms with Gasteiger partial charge in [0.1, 0.15) is 0 Å². The van der Waals surface area contributed by atoms with E-state index in [1.54, 1.807) is 4.90 Å². The molecule has 0 aliphatic heterocycles. The molecule has 0 atom stereocenters. The molecule has 0 aromatic heterocycles. The zero-order chi connectivity index (χ0) is 14.7. The molecule has 6 nitrogen and oxygen atoms in total. The Morgan fingerprint density at radius 3 is 2.60 bits per heavy atom. The van der Waals surface area contributed by atoms with Crippen LogP contribution >= 0.6 is 15.9 Å². The van der Waals surface area contributed by atoms with Gasteiger partial charge in [0, 0.05) is 17.1 Å². The Labute approximate surface area is 124 Å². The second kappa shape index (κ2) is 6.23. The van der Waals surface area contributed by atoms with E-state index in [0.29, 0.717) is 16.7 Å². The summed E-state index contributed by atoms with van der Waals surface area (Å²) in [6.07, 6.45) is 1.90. The van der Waals surface area contributed by atoms with Crippen LogP contribution in [0, 0.1) is 0 Å². The second-order valence-corrected chi connectivity index (χ2v) is 5.43. The monoisotopic (exact) mass is 342 g/mol. The van der Waals surface area contributed by atoms with Crippen LogP contribution in [0.2, 0.25) is 0 Å². The second-order valence-electron chi connectivity index (χ2n) is 4.58. The zero-order valence-electron chi connectivity index (χ0n) is 10.7. The summed E-state index contributed by atoms with van der Waals surface area (Å²) in [6, 6.07) is 4.31. The molecule has 108 valence electrons. The number of halogens is 1. The molecule has 1 aromatic rings. The van der Waals surface area contributed by atoms with Gasteiger partial charge < -0.3 is 20.4 Å². The minimum atomic E-state index is -1.02. The van der Waals surface area contributed by atoms with Crippen LogP contribution < -0.4 is 5.32 Å². The van der Waals surface area contributed by atoms with Crippen molar-refractivity contribution in [3.05, 3.63) is 28.2 Å². The number of rotatable bonds is 5. The van der Waals surface area contributed by atoms with Gasteiger partial charge in [-0.15, -0.1) is 0 Å². The number of hydrogen-bond donors (Lipinski definition) is 3. The quantitative estimate of drug-likeness (QED) is 0.764. The Kier molecular flexibility index (Phi) is 4.61. The summed E-state index contributed by atoms with van der Waals surface area (Å²) < 4.78 is 0.505. The number of urea groups is 1. The van der Waals surface area contributed by atoms with Crippen molar-refractivity contribution in [3.8, 4) is 0 Å². The number of aromatic carboxylic acids is 1. The molecule has 0 unspecified atom stereocenters. The number of anilines is 1. The Morgan fingerprint density at radius 1 is 1.40 bits per heavy atom. The average molecular weight is 343 g/mol. The summed E-state index contributed by atoms with van der Waals surface area (Å²) in [5.74, 6) is -1.02. The summed E-state index contributed by atoms with van der Waals surface area (Å²) >= 11 is 3.24. The first kappa shape index (κ1) is 14.8. The number of nitrogens with one attached hydrogen (secondary N) is 1. The molecule has 7 heteroatoms. The Morgan fingerprint density at radius 2 is 2.10 bits per heavy atom. The molecule has 0 bridgehead atoms. The van der Waals surface area contributed by atoms with Crippen LogP contribution in [0.15, 0.2) is 22.7 Å². The normalized spacial score (nSPS) is 13.9. The van der Waals surface area contributed by atoms with Gasteiger partial charge in [-0.2, -0.15) is 0 Å². The number of aliphatic hydroxyl groups excluding tert-OH is 1. The van der Waals surface area contributed by atoms with Crippen LogP contribution in [-0.2, 0) is 0 Å². The molecule has 2 amide bonds. The fourth-order valence-electron chi connectivity index (χ4n) is 1.88. The van der Waals surface area contributed by atoms with Crippen LogP contribution in [0.1, 0.15) is 23.2 Å². The van der Waals surface area contributed by atoms with Crippen molar-refractivity contribution in [2.24, 2.45) is 0 Å². The lowest BCUT2D eigenvalue weighted by Crippen LogP contribution is -2.38. The smallest absolute Gasteiger partial charge is 0.335 e. The maximum Gasteiger partial charge on any atom is 0.335 e. The summed E-state index contributed by atoms with van der Waals surface area (Å²) in [6.45, 7) is 0.213. The van der Waals surface area contributed by atoms with Crippen molar-refractivity contribution >= 4 is 33.6 Å². The fourth-order valence-corrected chi connectivity index (χ4v) is 2.36. The van der Waals surface area contributed by atoms with Gasteiger partial charge in [0.15, 0.2) is 0 Å². The largest absolute Gasteiger partial charge is 0.478 e. The number of nitrogens with zero attached hydrogens (tertiary/aromatic N) is 1. The summed E-state index contributed by atoms with van der Waals surface area (Å²) in [7, 11) is 0. The maximum absolute atomic E-state index is 12.1. The third-order valence-electron chi connectivity index (χ3n) is 3.05. The number of aliphatic hydroxyl groups is 1. The van der Waals surface area contributed by atoms with Gasteiger partial charge in [0.25, 0.3) is 0 Å². The first-order valence-electron chi connectivity index (χ1n) is 6.24. The number of carbonyl (C=O) groups excluding carboxylic acids is 1. The number of hydrogen-bond acceptors (Lipinski definition) is 3. The van der Waals surface area contributed by atoms with Gasteiger partial charge >= 0.3 is 12.0 Å². The molecule has 20 heavy (non-hydrogen) atoms. The molecule has 2 rings (SSSR count). The van der Waals surface area contributed by atoms with Gasteiger partial charge in [-0.1, -0.05) is 0 Å². The van der Waals surface area contributed by atoms with E-state index in [4.69, 9.17) is 10.2 Å². The third-order valence-corrected chi connectivity index (χ3v) is 3.70. The highest BCUT2D eigenvalue weighted by atomic mass is 79.9. The van der Waals surface area contributed by atoms with E-state index in [0.717, 1.165) is 12.8 Å². The standard InChI is InChI=1S/C13H15BrN2O4/c14-10-7-8(12(18)19)1-4-11(10)15-13(20)16(5-6-17)9-2-3-9/h1,4,7,9,17H,2-3,5-6H2,(H,15,20)(H,18,19). The minimum absolute atomic E-state index is 0.0803. The van der Waals surface area contributed by atoms with E-state index >= 15 is 0 Å². The van der Waals surface area contributed by atoms with Crippen molar-refractivity contribution in [1.29, 1.82) is 0 Å². The molecule has 0 heterocycles. The molecular weight excluding hydrogens is 328 g/mol. The number of amides is 2. The van der Waals surface area contributed by atoms with Crippen LogP contribution in [0.4, 0.5) is 10.5 Å². The van der Waals surface area contributed by atoms with Crippen LogP contribution in [0.5, 0.6) is 0 Å². The van der Waals surface area contributed by atoms with Crippen molar-refractivity contribution in [1.82, 2.24) is 4.90 Å². The Bertz CT molecular complexity index is 531. The van der Waals surface area contributed by atoms with Gasteiger partial charge in [-0.05, 0) is 47.0 Å². The molecule has 0 saturated heterocycles. The summed E-state index contributed by atoms with van der Waals surface area (Å²) in [5, 5.41) is 20.6. The number of carboxylic acid groups (broad SMARTS) is 1. The fraction of sp³-hybridized carbons (Fsp3) is 0.385. The van der Waals surface area contributed by atoms with E-state index in [2.05, 4.69) is 21.2 Å². The van der Waals surface area contributed by atoms with Gasteiger partial charge in [-0.3, -0.25) is 0 Å². The highest BCUT2D eigenvalue weighted by Crippen LogP contribution is 2.29.